The van der Waals surface area contributed by atoms with Crippen molar-refractivity contribution < 1.29 is 5.32 Å². The largest absolute Gasteiger partial charge is 0.336 e. The highest BCUT2D eigenvalue weighted by Crippen LogP contribution is 2.23. The van der Waals surface area contributed by atoms with E-state index in [9.17, 15) is 0 Å². The summed E-state index contributed by atoms with van der Waals surface area (Å²) in [6, 6.07) is 20.1. The minimum atomic E-state index is 0.492. The van der Waals surface area contributed by atoms with Crippen molar-refractivity contribution in [2.45, 2.75) is 12.5 Å². The van der Waals surface area contributed by atoms with Crippen LogP contribution < -0.4 is 5.32 Å². The lowest BCUT2D eigenvalue weighted by atomic mass is 9.90. The highest BCUT2D eigenvalue weighted by Gasteiger charge is 2.23. The maximum Gasteiger partial charge on any atom is 0.138 e. The Hall–Kier alpha value is -1.60. The number of nitrogens with two attached hydrogens (primary N) is 1. The molecule has 0 saturated heterocycles. The molecule has 0 radical (unpaired) electrons. The third kappa shape index (κ3) is 1.63. The summed E-state index contributed by atoms with van der Waals surface area (Å²) in [5, 5.41) is 2.44. The lowest BCUT2D eigenvalue weighted by Crippen LogP contribution is -2.87. The van der Waals surface area contributed by atoms with Gasteiger partial charge in [-0.3, -0.25) is 0 Å². The van der Waals surface area contributed by atoms with Gasteiger partial charge in [-0.15, -0.1) is 0 Å². The van der Waals surface area contributed by atoms with Gasteiger partial charge < -0.3 is 5.32 Å². The standard InChI is InChI=1S/C15H15N/c1-2-7-13(8-3-1)15-14-9-5-4-6-12(14)10-11-16-15/h1-9,15-16H,10-11H2/p+1/t15-/m0/s1. The Bertz CT molecular complexity index is 476. The third-order valence-corrected chi connectivity index (χ3v) is 3.36. The number of benzene rings is 2. The molecule has 0 amide bonds. The Kier molecular flexibility index (Phi) is 2.47. The summed E-state index contributed by atoms with van der Waals surface area (Å²) in [6.07, 6.45) is 1.19. The second kappa shape index (κ2) is 4.11. The van der Waals surface area contributed by atoms with E-state index in [2.05, 4.69) is 59.9 Å². The highest BCUT2D eigenvalue weighted by molar-refractivity contribution is 5.36. The van der Waals surface area contributed by atoms with Gasteiger partial charge in [0.1, 0.15) is 6.04 Å². The average molecular weight is 210 g/mol. The van der Waals surface area contributed by atoms with Crippen LogP contribution in [0.3, 0.4) is 0 Å². The lowest BCUT2D eigenvalue weighted by Gasteiger charge is -2.23. The van der Waals surface area contributed by atoms with Gasteiger partial charge in [-0.25, -0.2) is 0 Å². The van der Waals surface area contributed by atoms with Gasteiger partial charge in [0.15, 0.2) is 0 Å². The molecule has 1 aliphatic rings. The molecule has 0 fully saturated rings. The fourth-order valence-corrected chi connectivity index (χ4v) is 2.57. The molecule has 0 spiro atoms. The molecule has 0 aliphatic carbocycles. The molecule has 3 rings (SSSR count). The van der Waals surface area contributed by atoms with Gasteiger partial charge in [0.25, 0.3) is 0 Å². The Balaban J connectivity index is 2.05. The molecule has 1 aliphatic heterocycles. The Morgan fingerprint density at radius 1 is 0.875 bits per heavy atom. The van der Waals surface area contributed by atoms with E-state index in [0.29, 0.717) is 6.04 Å². The molecular weight excluding hydrogens is 194 g/mol. The Labute approximate surface area is 96.1 Å². The van der Waals surface area contributed by atoms with Gasteiger partial charge in [-0.2, -0.15) is 0 Å². The quantitative estimate of drug-likeness (QED) is 0.740. The zero-order chi connectivity index (χ0) is 10.8. The van der Waals surface area contributed by atoms with Crippen LogP contribution in [0.4, 0.5) is 0 Å². The summed E-state index contributed by atoms with van der Waals surface area (Å²) in [5.41, 5.74) is 4.41. The van der Waals surface area contributed by atoms with Crippen molar-refractivity contribution in [1.82, 2.24) is 0 Å². The number of rotatable bonds is 1. The lowest BCUT2D eigenvalue weighted by molar-refractivity contribution is -0.690. The predicted molar refractivity (Wildman–Crippen MR) is 65.2 cm³/mol. The van der Waals surface area contributed by atoms with Crippen LogP contribution in [0.2, 0.25) is 0 Å². The summed E-state index contributed by atoms with van der Waals surface area (Å²) in [6.45, 7) is 1.19. The normalized spacial score (nSPS) is 19.1. The smallest absolute Gasteiger partial charge is 0.138 e. The van der Waals surface area contributed by atoms with Crippen molar-refractivity contribution in [1.29, 1.82) is 0 Å². The zero-order valence-electron chi connectivity index (χ0n) is 9.27. The van der Waals surface area contributed by atoms with Gasteiger partial charge >= 0.3 is 0 Å². The Morgan fingerprint density at radius 2 is 1.62 bits per heavy atom. The van der Waals surface area contributed by atoms with Crippen LogP contribution in [0.1, 0.15) is 22.7 Å². The molecule has 2 aromatic rings. The molecule has 0 bridgehead atoms. The van der Waals surface area contributed by atoms with Gasteiger partial charge in [-0.05, 0) is 5.56 Å². The molecule has 0 unspecified atom stereocenters. The number of hydrogen-bond donors (Lipinski definition) is 1. The number of fused-ring (bicyclic) bond motifs is 1. The maximum atomic E-state index is 2.44. The van der Waals surface area contributed by atoms with Crippen molar-refractivity contribution in [2.24, 2.45) is 0 Å². The van der Waals surface area contributed by atoms with Crippen LogP contribution in [0.25, 0.3) is 0 Å². The van der Waals surface area contributed by atoms with Crippen LogP contribution in [0, 0.1) is 0 Å². The van der Waals surface area contributed by atoms with Crippen molar-refractivity contribution in [2.75, 3.05) is 6.54 Å². The van der Waals surface area contributed by atoms with Crippen molar-refractivity contribution >= 4 is 0 Å². The van der Waals surface area contributed by atoms with Crippen molar-refractivity contribution in [3.8, 4) is 0 Å². The molecular formula is C15H16N+. The highest BCUT2D eigenvalue weighted by atomic mass is 14.9. The van der Waals surface area contributed by atoms with E-state index >= 15 is 0 Å². The van der Waals surface area contributed by atoms with Crippen LogP contribution in [-0.4, -0.2) is 6.54 Å². The fraction of sp³-hybridized carbons (Fsp3) is 0.200. The monoisotopic (exact) mass is 210 g/mol. The molecule has 1 atom stereocenters. The summed E-state index contributed by atoms with van der Waals surface area (Å²) >= 11 is 0. The van der Waals surface area contributed by atoms with Gasteiger partial charge in [-0.1, -0.05) is 54.6 Å². The van der Waals surface area contributed by atoms with E-state index in [1.165, 1.54) is 29.7 Å². The fourth-order valence-electron chi connectivity index (χ4n) is 2.57. The molecule has 0 aromatic heterocycles. The molecule has 1 nitrogen and oxygen atoms in total. The number of quaternary nitrogens is 1. The minimum absolute atomic E-state index is 0.492. The first kappa shape index (κ1) is 9.61. The van der Waals surface area contributed by atoms with E-state index in [1.807, 2.05) is 0 Å². The van der Waals surface area contributed by atoms with Gasteiger partial charge in [0, 0.05) is 17.5 Å². The molecule has 16 heavy (non-hydrogen) atoms. The molecule has 1 heteroatoms. The molecule has 80 valence electrons. The Morgan fingerprint density at radius 3 is 2.50 bits per heavy atom. The third-order valence-electron chi connectivity index (χ3n) is 3.36. The molecule has 2 N–H and O–H groups in total. The molecule has 1 heterocycles. The molecule has 2 aromatic carbocycles. The SMILES string of the molecule is c1ccc([C@@H]2[NH2+]CCc3ccccc32)cc1. The second-order valence-electron chi connectivity index (χ2n) is 4.36. The van der Waals surface area contributed by atoms with E-state index in [0.717, 1.165) is 0 Å². The van der Waals surface area contributed by atoms with E-state index < -0.39 is 0 Å². The topological polar surface area (TPSA) is 16.6 Å². The summed E-state index contributed by atoms with van der Waals surface area (Å²) in [4.78, 5) is 0. The van der Waals surface area contributed by atoms with Gasteiger partial charge in [0.2, 0.25) is 0 Å². The van der Waals surface area contributed by atoms with Crippen LogP contribution in [0.15, 0.2) is 54.6 Å². The molecule has 0 saturated carbocycles. The van der Waals surface area contributed by atoms with E-state index in [4.69, 9.17) is 0 Å². The average Bonchev–Trinajstić information content (AvgIpc) is 2.39. The predicted octanol–water partition coefficient (Wildman–Crippen LogP) is 1.90. The van der Waals surface area contributed by atoms with Gasteiger partial charge in [0.05, 0.1) is 6.54 Å². The maximum absolute atomic E-state index is 2.44. The first-order chi connectivity index (χ1) is 7.95. The van der Waals surface area contributed by atoms with E-state index in [-0.39, 0.29) is 0 Å². The summed E-state index contributed by atoms with van der Waals surface area (Å²) < 4.78 is 0. The van der Waals surface area contributed by atoms with Crippen molar-refractivity contribution in [3.05, 3.63) is 71.3 Å². The van der Waals surface area contributed by atoms with Crippen LogP contribution in [-0.2, 0) is 6.42 Å². The first-order valence-electron chi connectivity index (χ1n) is 5.91. The first-order valence-corrected chi connectivity index (χ1v) is 5.91. The van der Waals surface area contributed by atoms with Crippen molar-refractivity contribution in [3.63, 3.8) is 0 Å². The second-order valence-corrected chi connectivity index (χ2v) is 4.36. The summed E-state index contributed by atoms with van der Waals surface area (Å²) in [5.74, 6) is 0. The summed E-state index contributed by atoms with van der Waals surface area (Å²) in [7, 11) is 0. The zero-order valence-corrected chi connectivity index (χ0v) is 9.27. The van der Waals surface area contributed by atoms with E-state index in [1.54, 1.807) is 0 Å². The van der Waals surface area contributed by atoms with Crippen LogP contribution >= 0.6 is 0 Å². The number of hydrogen-bond acceptors (Lipinski definition) is 0. The van der Waals surface area contributed by atoms with Crippen LogP contribution in [0.5, 0.6) is 0 Å². The minimum Gasteiger partial charge on any atom is -0.336 e.